The molecule has 6 nitrogen and oxygen atoms in total. The summed E-state index contributed by atoms with van der Waals surface area (Å²) in [6.45, 7) is -1.55. The van der Waals surface area contributed by atoms with Crippen molar-refractivity contribution in [1.82, 2.24) is 4.90 Å². The van der Waals surface area contributed by atoms with Crippen LogP contribution in [0.25, 0.3) is 0 Å². The maximum atomic E-state index is 12.5. The molecular formula is C12H16F3NO5. The van der Waals surface area contributed by atoms with Crippen molar-refractivity contribution in [2.24, 2.45) is 11.8 Å². The van der Waals surface area contributed by atoms with E-state index < -0.39 is 48.9 Å². The molecule has 0 bridgehead atoms. The van der Waals surface area contributed by atoms with E-state index in [1.165, 1.54) is 0 Å². The van der Waals surface area contributed by atoms with Crippen LogP contribution < -0.4 is 0 Å². The normalized spacial score (nSPS) is 22.6. The SMILES string of the molecule is O=C(O)CN(CC(=O)O)C(=O)C1CCC(C(F)(F)F)CC1. The average molecular weight is 311 g/mol. The molecule has 0 aromatic rings. The van der Waals surface area contributed by atoms with E-state index in [2.05, 4.69) is 0 Å². The molecule has 0 spiro atoms. The summed E-state index contributed by atoms with van der Waals surface area (Å²) in [7, 11) is 0. The Morgan fingerprint density at radius 1 is 0.952 bits per heavy atom. The number of halogens is 3. The summed E-state index contributed by atoms with van der Waals surface area (Å²) in [5.74, 6) is -5.64. The molecule has 0 aromatic heterocycles. The highest BCUT2D eigenvalue weighted by atomic mass is 19.4. The van der Waals surface area contributed by atoms with Crippen molar-refractivity contribution >= 4 is 17.8 Å². The zero-order valence-corrected chi connectivity index (χ0v) is 11.1. The number of rotatable bonds is 5. The topological polar surface area (TPSA) is 94.9 Å². The van der Waals surface area contributed by atoms with Crippen molar-refractivity contribution in [2.75, 3.05) is 13.1 Å². The third kappa shape index (κ3) is 5.24. The van der Waals surface area contributed by atoms with Crippen LogP contribution in [0, 0.1) is 11.8 Å². The van der Waals surface area contributed by atoms with Gasteiger partial charge in [-0.2, -0.15) is 13.2 Å². The Morgan fingerprint density at radius 2 is 1.38 bits per heavy atom. The molecule has 1 saturated carbocycles. The molecule has 0 heterocycles. The van der Waals surface area contributed by atoms with Crippen LogP contribution in [0.4, 0.5) is 13.2 Å². The van der Waals surface area contributed by atoms with Gasteiger partial charge in [-0.15, -0.1) is 0 Å². The van der Waals surface area contributed by atoms with Gasteiger partial charge in [-0.25, -0.2) is 0 Å². The van der Waals surface area contributed by atoms with Gasteiger partial charge in [0.15, 0.2) is 0 Å². The fraction of sp³-hybridized carbons (Fsp3) is 0.750. The van der Waals surface area contributed by atoms with Gasteiger partial charge in [-0.1, -0.05) is 0 Å². The van der Waals surface area contributed by atoms with E-state index in [1.807, 2.05) is 0 Å². The van der Waals surface area contributed by atoms with Gasteiger partial charge in [0.2, 0.25) is 5.91 Å². The van der Waals surface area contributed by atoms with Crippen LogP contribution in [-0.4, -0.2) is 52.2 Å². The molecule has 0 aliphatic heterocycles. The van der Waals surface area contributed by atoms with Gasteiger partial charge < -0.3 is 15.1 Å². The summed E-state index contributed by atoms with van der Waals surface area (Å²) >= 11 is 0. The fourth-order valence-corrected chi connectivity index (χ4v) is 2.46. The second kappa shape index (κ2) is 6.77. The third-order valence-electron chi connectivity index (χ3n) is 3.50. The maximum Gasteiger partial charge on any atom is 0.391 e. The first-order valence-corrected chi connectivity index (χ1v) is 6.40. The highest BCUT2D eigenvalue weighted by Crippen LogP contribution is 2.39. The van der Waals surface area contributed by atoms with Crippen LogP contribution >= 0.6 is 0 Å². The number of aliphatic carboxylic acids is 2. The molecule has 21 heavy (non-hydrogen) atoms. The molecule has 1 aliphatic carbocycles. The lowest BCUT2D eigenvalue weighted by molar-refractivity contribution is -0.185. The maximum absolute atomic E-state index is 12.5. The second-order valence-corrected chi connectivity index (χ2v) is 5.07. The van der Waals surface area contributed by atoms with Gasteiger partial charge in [-0.3, -0.25) is 14.4 Å². The highest BCUT2D eigenvalue weighted by molar-refractivity contribution is 5.86. The van der Waals surface area contributed by atoms with Gasteiger partial charge in [0.1, 0.15) is 13.1 Å². The van der Waals surface area contributed by atoms with Crippen molar-refractivity contribution < 1.29 is 37.8 Å². The smallest absolute Gasteiger partial charge is 0.391 e. The summed E-state index contributed by atoms with van der Waals surface area (Å²) in [4.78, 5) is 34.0. The fourth-order valence-electron chi connectivity index (χ4n) is 2.46. The van der Waals surface area contributed by atoms with E-state index in [9.17, 15) is 27.6 Å². The van der Waals surface area contributed by atoms with E-state index in [1.54, 1.807) is 0 Å². The van der Waals surface area contributed by atoms with Gasteiger partial charge >= 0.3 is 18.1 Å². The Hall–Kier alpha value is -1.80. The van der Waals surface area contributed by atoms with Crippen LogP contribution in [0.3, 0.4) is 0 Å². The van der Waals surface area contributed by atoms with Crippen molar-refractivity contribution in [2.45, 2.75) is 31.9 Å². The van der Waals surface area contributed by atoms with E-state index in [0.717, 1.165) is 0 Å². The lowest BCUT2D eigenvalue weighted by Gasteiger charge is -2.31. The number of alkyl halides is 3. The minimum Gasteiger partial charge on any atom is -0.480 e. The lowest BCUT2D eigenvalue weighted by Crippen LogP contribution is -2.44. The van der Waals surface area contributed by atoms with Crippen LogP contribution in [0.2, 0.25) is 0 Å². The Labute approximate surface area is 118 Å². The van der Waals surface area contributed by atoms with Crippen LogP contribution in [0.5, 0.6) is 0 Å². The molecule has 0 radical (unpaired) electrons. The molecule has 1 aliphatic rings. The number of carbonyl (C=O) groups excluding carboxylic acids is 1. The summed E-state index contributed by atoms with van der Waals surface area (Å²) in [5, 5.41) is 17.3. The number of carboxylic acid groups (broad SMARTS) is 2. The van der Waals surface area contributed by atoms with E-state index in [0.29, 0.717) is 4.90 Å². The molecule has 0 unspecified atom stereocenters. The predicted molar refractivity (Wildman–Crippen MR) is 63.4 cm³/mol. The summed E-state index contributed by atoms with van der Waals surface area (Å²) in [5.41, 5.74) is 0. The number of hydrogen-bond donors (Lipinski definition) is 2. The van der Waals surface area contributed by atoms with Crippen molar-refractivity contribution in [3.63, 3.8) is 0 Å². The molecule has 9 heteroatoms. The minimum absolute atomic E-state index is 0.0151. The average Bonchev–Trinajstić information content (AvgIpc) is 2.35. The molecule has 0 atom stereocenters. The Kier molecular flexibility index (Phi) is 5.56. The molecule has 1 amide bonds. The lowest BCUT2D eigenvalue weighted by atomic mass is 9.81. The quantitative estimate of drug-likeness (QED) is 0.799. The molecule has 1 fully saturated rings. The third-order valence-corrected chi connectivity index (χ3v) is 3.50. The number of carboxylic acids is 2. The first-order chi connectivity index (χ1) is 9.61. The first-order valence-electron chi connectivity index (χ1n) is 6.40. The molecule has 1 rings (SSSR count). The second-order valence-electron chi connectivity index (χ2n) is 5.07. The van der Waals surface area contributed by atoms with Gasteiger partial charge in [-0.05, 0) is 25.7 Å². The summed E-state index contributed by atoms with van der Waals surface area (Å²) < 4.78 is 37.6. The van der Waals surface area contributed by atoms with Crippen LogP contribution in [0.1, 0.15) is 25.7 Å². The number of hydrogen-bond acceptors (Lipinski definition) is 3. The van der Waals surface area contributed by atoms with Gasteiger partial charge in [0.25, 0.3) is 0 Å². The predicted octanol–water partition coefficient (Wildman–Crippen LogP) is 1.35. The highest BCUT2D eigenvalue weighted by Gasteiger charge is 2.43. The Balaban J connectivity index is 2.65. The van der Waals surface area contributed by atoms with Crippen LogP contribution in [0.15, 0.2) is 0 Å². The molecule has 0 aromatic carbocycles. The number of amides is 1. The number of carbonyl (C=O) groups is 3. The number of nitrogens with zero attached hydrogens (tertiary/aromatic N) is 1. The minimum atomic E-state index is -4.30. The first kappa shape index (κ1) is 17.3. The molecule has 0 saturated heterocycles. The van der Waals surface area contributed by atoms with Crippen LogP contribution in [-0.2, 0) is 14.4 Å². The van der Waals surface area contributed by atoms with Gasteiger partial charge in [0.05, 0.1) is 5.92 Å². The van der Waals surface area contributed by atoms with E-state index >= 15 is 0 Å². The zero-order chi connectivity index (χ0) is 16.2. The summed E-state index contributed by atoms with van der Waals surface area (Å²) in [6.07, 6.45) is -4.73. The van der Waals surface area contributed by atoms with E-state index in [4.69, 9.17) is 10.2 Å². The van der Waals surface area contributed by atoms with E-state index in [-0.39, 0.29) is 25.7 Å². The molecule has 2 N–H and O–H groups in total. The van der Waals surface area contributed by atoms with Crippen molar-refractivity contribution in [3.8, 4) is 0 Å². The largest absolute Gasteiger partial charge is 0.480 e. The monoisotopic (exact) mass is 311 g/mol. The Bertz CT molecular complexity index is 400. The molecular weight excluding hydrogens is 295 g/mol. The van der Waals surface area contributed by atoms with Crippen molar-refractivity contribution in [3.05, 3.63) is 0 Å². The summed E-state index contributed by atoms with van der Waals surface area (Å²) in [6, 6.07) is 0. The molecule has 120 valence electrons. The van der Waals surface area contributed by atoms with Gasteiger partial charge in [0, 0.05) is 5.92 Å². The Morgan fingerprint density at radius 3 is 1.71 bits per heavy atom. The standard InChI is InChI=1S/C12H16F3NO5/c13-12(14,15)8-3-1-7(2-4-8)11(21)16(5-9(17)18)6-10(19)20/h7-8H,1-6H2,(H,17,18)(H,19,20). The van der Waals surface area contributed by atoms with Crippen molar-refractivity contribution in [1.29, 1.82) is 0 Å². The zero-order valence-electron chi connectivity index (χ0n) is 11.1.